The molecule has 0 saturated heterocycles. The third-order valence-electron chi connectivity index (χ3n) is 1.88. The SMILES string of the molecule is Cc1nnnn1-c1cnccc1C(=O)O. The van der Waals surface area contributed by atoms with Gasteiger partial charge >= 0.3 is 5.97 Å². The molecule has 7 heteroatoms. The van der Waals surface area contributed by atoms with Gasteiger partial charge in [-0.15, -0.1) is 5.10 Å². The molecule has 15 heavy (non-hydrogen) atoms. The van der Waals surface area contributed by atoms with Gasteiger partial charge in [-0.3, -0.25) is 4.98 Å². The van der Waals surface area contributed by atoms with Gasteiger partial charge in [-0.2, -0.15) is 4.68 Å². The van der Waals surface area contributed by atoms with Crippen molar-refractivity contribution in [2.45, 2.75) is 6.92 Å². The Kier molecular flexibility index (Phi) is 2.13. The number of carboxylic acid groups (broad SMARTS) is 1. The fourth-order valence-electron chi connectivity index (χ4n) is 1.19. The van der Waals surface area contributed by atoms with Gasteiger partial charge in [0.25, 0.3) is 0 Å². The number of aromatic nitrogens is 5. The summed E-state index contributed by atoms with van der Waals surface area (Å²) in [6, 6.07) is 1.40. The number of hydrogen-bond donors (Lipinski definition) is 1. The highest BCUT2D eigenvalue weighted by atomic mass is 16.4. The summed E-state index contributed by atoms with van der Waals surface area (Å²) < 4.78 is 1.33. The molecule has 0 atom stereocenters. The Labute approximate surface area is 84.4 Å². The van der Waals surface area contributed by atoms with Crippen LogP contribution in [0.5, 0.6) is 0 Å². The van der Waals surface area contributed by atoms with Crippen molar-refractivity contribution in [2.24, 2.45) is 0 Å². The summed E-state index contributed by atoms with van der Waals surface area (Å²) >= 11 is 0. The van der Waals surface area contributed by atoms with Gasteiger partial charge in [0.2, 0.25) is 0 Å². The van der Waals surface area contributed by atoms with Crippen LogP contribution in [-0.4, -0.2) is 36.3 Å². The quantitative estimate of drug-likeness (QED) is 0.745. The Bertz CT molecular complexity index is 507. The van der Waals surface area contributed by atoms with E-state index < -0.39 is 5.97 Å². The lowest BCUT2D eigenvalue weighted by Gasteiger charge is -2.04. The number of pyridine rings is 1. The second-order valence-corrected chi connectivity index (χ2v) is 2.84. The normalized spacial score (nSPS) is 10.2. The van der Waals surface area contributed by atoms with E-state index in [0.717, 1.165) is 0 Å². The monoisotopic (exact) mass is 205 g/mol. The van der Waals surface area contributed by atoms with Crippen molar-refractivity contribution in [1.29, 1.82) is 0 Å². The number of rotatable bonds is 2. The first-order valence-electron chi connectivity index (χ1n) is 4.13. The summed E-state index contributed by atoms with van der Waals surface area (Å²) in [5, 5.41) is 19.7. The Morgan fingerprint density at radius 2 is 2.33 bits per heavy atom. The molecular formula is C8H7N5O2. The van der Waals surface area contributed by atoms with Crippen LogP contribution in [0, 0.1) is 6.92 Å². The summed E-state index contributed by atoms with van der Waals surface area (Å²) in [6.45, 7) is 1.68. The molecule has 0 spiro atoms. The first kappa shape index (κ1) is 9.25. The van der Waals surface area contributed by atoms with E-state index in [-0.39, 0.29) is 5.56 Å². The first-order chi connectivity index (χ1) is 7.20. The van der Waals surface area contributed by atoms with Crippen molar-refractivity contribution < 1.29 is 9.90 Å². The molecule has 0 radical (unpaired) electrons. The van der Waals surface area contributed by atoms with E-state index >= 15 is 0 Å². The summed E-state index contributed by atoms with van der Waals surface area (Å²) in [7, 11) is 0. The number of aryl methyl sites for hydroxylation is 1. The van der Waals surface area contributed by atoms with Crippen molar-refractivity contribution in [3.8, 4) is 5.69 Å². The van der Waals surface area contributed by atoms with Gasteiger partial charge in [0.15, 0.2) is 5.82 Å². The summed E-state index contributed by atoms with van der Waals surface area (Å²) in [5.74, 6) is -0.534. The minimum atomic E-state index is -1.04. The number of carbonyl (C=O) groups is 1. The molecule has 0 bridgehead atoms. The zero-order valence-electron chi connectivity index (χ0n) is 7.82. The van der Waals surface area contributed by atoms with Gasteiger partial charge < -0.3 is 5.11 Å². The van der Waals surface area contributed by atoms with E-state index in [1.165, 1.54) is 23.1 Å². The van der Waals surface area contributed by atoms with E-state index in [4.69, 9.17) is 5.11 Å². The molecule has 2 rings (SSSR count). The molecule has 0 fully saturated rings. The molecule has 0 aliphatic rings. The topological polar surface area (TPSA) is 93.8 Å². The lowest BCUT2D eigenvalue weighted by atomic mass is 10.2. The van der Waals surface area contributed by atoms with Crippen molar-refractivity contribution in [1.82, 2.24) is 25.2 Å². The van der Waals surface area contributed by atoms with Crippen LogP contribution in [0.3, 0.4) is 0 Å². The second kappa shape index (κ2) is 3.45. The molecule has 1 N–H and O–H groups in total. The van der Waals surface area contributed by atoms with E-state index in [2.05, 4.69) is 20.5 Å². The lowest BCUT2D eigenvalue weighted by Crippen LogP contribution is -2.08. The van der Waals surface area contributed by atoms with Gasteiger partial charge in [0.1, 0.15) is 5.69 Å². The van der Waals surface area contributed by atoms with Crippen LogP contribution < -0.4 is 0 Å². The van der Waals surface area contributed by atoms with E-state index in [9.17, 15) is 4.79 Å². The van der Waals surface area contributed by atoms with Crippen molar-refractivity contribution in [3.63, 3.8) is 0 Å². The van der Waals surface area contributed by atoms with Crippen LogP contribution in [0.1, 0.15) is 16.2 Å². The molecule has 0 aliphatic carbocycles. The second-order valence-electron chi connectivity index (χ2n) is 2.84. The number of aromatic carboxylic acids is 1. The first-order valence-corrected chi connectivity index (χ1v) is 4.13. The highest BCUT2D eigenvalue weighted by molar-refractivity contribution is 5.91. The summed E-state index contributed by atoms with van der Waals surface area (Å²) in [4.78, 5) is 14.8. The lowest BCUT2D eigenvalue weighted by molar-refractivity contribution is 0.0696. The average Bonchev–Trinajstić information content (AvgIpc) is 2.64. The van der Waals surface area contributed by atoms with Crippen LogP contribution >= 0.6 is 0 Å². The summed E-state index contributed by atoms with van der Waals surface area (Å²) in [6.07, 6.45) is 2.82. The maximum absolute atomic E-state index is 10.9. The van der Waals surface area contributed by atoms with Crippen LogP contribution in [0.2, 0.25) is 0 Å². The molecule has 0 amide bonds. The Morgan fingerprint density at radius 3 is 2.93 bits per heavy atom. The van der Waals surface area contributed by atoms with E-state index in [1.807, 2.05) is 0 Å². The Hall–Kier alpha value is -2.31. The molecule has 2 heterocycles. The largest absolute Gasteiger partial charge is 0.478 e. The number of carboxylic acids is 1. The van der Waals surface area contributed by atoms with Gasteiger partial charge in [-0.05, 0) is 23.4 Å². The molecule has 0 unspecified atom stereocenters. The van der Waals surface area contributed by atoms with Gasteiger partial charge in [0.05, 0.1) is 11.8 Å². The molecule has 2 aromatic heterocycles. The van der Waals surface area contributed by atoms with Crippen LogP contribution in [0.15, 0.2) is 18.5 Å². The van der Waals surface area contributed by atoms with Crippen molar-refractivity contribution >= 4 is 5.97 Å². The maximum atomic E-state index is 10.9. The predicted octanol–water partition coefficient (Wildman–Crippen LogP) is 0.0639. The number of hydrogen-bond acceptors (Lipinski definition) is 5. The highest BCUT2D eigenvalue weighted by Crippen LogP contribution is 2.12. The summed E-state index contributed by atoms with van der Waals surface area (Å²) in [5.41, 5.74) is 0.466. The minimum Gasteiger partial charge on any atom is -0.478 e. The zero-order valence-corrected chi connectivity index (χ0v) is 7.82. The van der Waals surface area contributed by atoms with Gasteiger partial charge in [-0.25, -0.2) is 4.79 Å². The van der Waals surface area contributed by atoms with Crippen LogP contribution in [-0.2, 0) is 0 Å². The zero-order chi connectivity index (χ0) is 10.8. The molecule has 76 valence electrons. The van der Waals surface area contributed by atoms with E-state index in [0.29, 0.717) is 11.5 Å². The van der Waals surface area contributed by atoms with Crippen LogP contribution in [0.25, 0.3) is 5.69 Å². The third-order valence-corrected chi connectivity index (χ3v) is 1.88. The van der Waals surface area contributed by atoms with E-state index in [1.54, 1.807) is 6.92 Å². The molecule has 7 nitrogen and oxygen atoms in total. The third kappa shape index (κ3) is 1.54. The standard InChI is InChI=1S/C8H7N5O2/c1-5-10-11-12-13(5)7-4-9-3-2-6(7)8(14)15/h2-4H,1H3,(H,14,15). The average molecular weight is 205 g/mol. The Balaban J connectivity index is 2.63. The Morgan fingerprint density at radius 1 is 1.53 bits per heavy atom. The van der Waals surface area contributed by atoms with Crippen LogP contribution in [0.4, 0.5) is 0 Å². The number of tetrazole rings is 1. The number of nitrogens with zero attached hydrogens (tertiary/aromatic N) is 5. The van der Waals surface area contributed by atoms with Gasteiger partial charge in [-0.1, -0.05) is 0 Å². The predicted molar refractivity (Wildman–Crippen MR) is 48.6 cm³/mol. The van der Waals surface area contributed by atoms with Crippen molar-refractivity contribution in [3.05, 3.63) is 29.8 Å². The molecule has 2 aromatic rings. The smallest absolute Gasteiger partial charge is 0.338 e. The molecule has 0 saturated carbocycles. The maximum Gasteiger partial charge on any atom is 0.338 e. The molecule has 0 aliphatic heterocycles. The minimum absolute atomic E-state index is 0.111. The molecular weight excluding hydrogens is 198 g/mol. The fourth-order valence-corrected chi connectivity index (χ4v) is 1.19. The highest BCUT2D eigenvalue weighted by Gasteiger charge is 2.13. The van der Waals surface area contributed by atoms with Crippen molar-refractivity contribution in [2.75, 3.05) is 0 Å². The fraction of sp³-hybridized carbons (Fsp3) is 0.125. The molecule has 0 aromatic carbocycles. The van der Waals surface area contributed by atoms with Gasteiger partial charge in [0, 0.05) is 6.20 Å².